The molecular weight excluding hydrogens is 318 g/mol. The molecular formula is C18H25N5O2. The molecule has 1 aliphatic carbocycles. The van der Waals surface area contributed by atoms with E-state index in [4.69, 9.17) is 16.2 Å². The molecule has 0 amide bonds. The maximum atomic E-state index is 11.4. The highest BCUT2D eigenvalue weighted by atomic mass is 16.5. The average molecular weight is 343 g/mol. The van der Waals surface area contributed by atoms with Gasteiger partial charge in [0.05, 0.1) is 7.11 Å². The lowest BCUT2D eigenvalue weighted by Crippen LogP contribution is -2.58. The normalized spacial score (nSPS) is 19.3. The molecule has 0 bridgehead atoms. The van der Waals surface area contributed by atoms with Gasteiger partial charge in [-0.25, -0.2) is 4.99 Å². The van der Waals surface area contributed by atoms with Gasteiger partial charge in [-0.05, 0) is 49.8 Å². The number of esters is 1. The zero-order valence-corrected chi connectivity index (χ0v) is 14.6. The molecule has 0 radical (unpaired) electrons. The number of aryl methyl sites for hydroxylation is 1. The van der Waals surface area contributed by atoms with Crippen LogP contribution in [-0.4, -0.2) is 30.7 Å². The molecule has 1 heterocycles. The van der Waals surface area contributed by atoms with Crippen molar-refractivity contribution >= 4 is 23.6 Å². The number of aliphatic imine (C=N–C) groups is 2. The third-order valence-corrected chi connectivity index (χ3v) is 4.87. The minimum Gasteiger partial charge on any atom is -0.469 e. The molecule has 0 saturated heterocycles. The SMILES string of the molecule is COC(=O)CCc1cccc(N2C(N)=NC(N)=NC23CCCCC3)c1. The summed E-state index contributed by atoms with van der Waals surface area (Å²) in [5, 5.41) is 0. The van der Waals surface area contributed by atoms with Crippen molar-refractivity contribution in [2.24, 2.45) is 21.5 Å². The number of methoxy groups -OCH3 is 1. The van der Waals surface area contributed by atoms with Crippen molar-refractivity contribution in [3.05, 3.63) is 29.8 Å². The fraction of sp³-hybridized carbons (Fsp3) is 0.500. The highest BCUT2D eigenvalue weighted by Crippen LogP contribution is 2.39. The molecule has 1 aromatic rings. The van der Waals surface area contributed by atoms with E-state index in [2.05, 4.69) is 9.98 Å². The van der Waals surface area contributed by atoms with Crippen molar-refractivity contribution in [3.8, 4) is 0 Å². The quantitative estimate of drug-likeness (QED) is 0.812. The van der Waals surface area contributed by atoms with Gasteiger partial charge in [-0.3, -0.25) is 9.69 Å². The molecule has 7 heteroatoms. The third-order valence-electron chi connectivity index (χ3n) is 4.87. The van der Waals surface area contributed by atoms with Crippen LogP contribution in [0.15, 0.2) is 34.3 Å². The van der Waals surface area contributed by atoms with E-state index in [-0.39, 0.29) is 11.9 Å². The van der Waals surface area contributed by atoms with Crippen molar-refractivity contribution in [1.82, 2.24) is 0 Å². The van der Waals surface area contributed by atoms with Gasteiger partial charge in [-0.1, -0.05) is 18.6 Å². The minimum atomic E-state index is -0.449. The van der Waals surface area contributed by atoms with E-state index in [1.807, 2.05) is 29.2 Å². The summed E-state index contributed by atoms with van der Waals surface area (Å²) in [6, 6.07) is 8.00. The first kappa shape index (κ1) is 17.3. The fourth-order valence-corrected chi connectivity index (χ4v) is 3.69. The summed E-state index contributed by atoms with van der Waals surface area (Å²) in [5.74, 6) is 0.405. The molecule has 0 unspecified atom stereocenters. The number of anilines is 1. The molecule has 0 aromatic heterocycles. The molecule has 25 heavy (non-hydrogen) atoms. The molecule has 2 aliphatic rings. The van der Waals surface area contributed by atoms with E-state index in [0.717, 1.165) is 36.9 Å². The second-order valence-electron chi connectivity index (χ2n) is 6.56. The number of guanidine groups is 2. The lowest BCUT2D eigenvalue weighted by molar-refractivity contribution is -0.140. The van der Waals surface area contributed by atoms with E-state index in [1.54, 1.807) is 0 Å². The van der Waals surface area contributed by atoms with Gasteiger partial charge in [0.15, 0.2) is 0 Å². The largest absolute Gasteiger partial charge is 0.469 e. The molecule has 134 valence electrons. The topological polar surface area (TPSA) is 106 Å². The molecule has 1 saturated carbocycles. The Balaban J connectivity index is 1.90. The van der Waals surface area contributed by atoms with E-state index in [1.165, 1.54) is 13.5 Å². The molecule has 7 nitrogen and oxygen atoms in total. The standard InChI is InChI=1S/C18H25N5O2/c1-25-15(24)9-8-13-6-5-7-14(12-13)23-17(20)21-16(19)22-18(23)10-3-2-4-11-18/h5-7,12H,2-4,8-11H2,1H3,(H4,19,20,21,22). The number of hydrogen-bond acceptors (Lipinski definition) is 7. The van der Waals surface area contributed by atoms with Gasteiger partial charge < -0.3 is 16.2 Å². The number of nitrogens with zero attached hydrogens (tertiary/aromatic N) is 3. The van der Waals surface area contributed by atoms with Gasteiger partial charge >= 0.3 is 5.97 Å². The first-order valence-electron chi connectivity index (χ1n) is 8.69. The summed E-state index contributed by atoms with van der Waals surface area (Å²) in [6.45, 7) is 0. The molecule has 1 spiro atoms. The first-order valence-corrected chi connectivity index (χ1v) is 8.69. The number of benzene rings is 1. The monoisotopic (exact) mass is 343 g/mol. The summed E-state index contributed by atoms with van der Waals surface area (Å²) < 4.78 is 4.72. The predicted octanol–water partition coefficient (Wildman–Crippen LogP) is 1.90. The van der Waals surface area contributed by atoms with Gasteiger partial charge in [0.25, 0.3) is 0 Å². The number of rotatable bonds is 4. The summed E-state index contributed by atoms with van der Waals surface area (Å²) in [7, 11) is 1.40. The van der Waals surface area contributed by atoms with Crippen LogP contribution in [0.2, 0.25) is 0 Å². The van der Waals surface area contributed by atoms with E-state index < -0.39 is 5.66 Å². The minimum absolute atomic E-state index is 0.217. The lowest BCUT2D eigenvalue weighted by atomic mass is 9.87. The molecule has 1 fully saturated rings. The first-order chi connectivity index (χ1) is 12.0. The highest BCUT2D eigenvalue weighted by molar-refractivity contribution is 6.05. The van der Waals surface area contributed by atoms with Crippen molar-refractivity contribution in [2.75, 3.05) is 12.0 Å². The van der Waals surface area contributed by atoms with E-state index in [9.17, 15) is 4.79 Å². The van der Waals surface area contributed by atoms with Crippen LogP contribution < -0.4 is 16.4 Å². The third kappa shape index (κ3) is 3.60. The van der Waals surface area contributed by atoms with Crippen LogP contribution in [0.25, 0.3) is 0 Å². The Morgan fingerprint density at radius 2 is 2.04 bits per heavy atom. The Bertz CT molecular complexity index is 707. The van der Waals surface area contributed by atoms with Gasteiger partial charge in [0.1, 0.15) is 5.66 Å². The molecule has 1 aromatic carbocycles. The van der Waals surface area contributed by atoms with Gasteiger partial charge in [-0.2, -0.15) is 4.99 Å². The van der Waals surface area contributed by atoms with Crippen LogP contribution in [0, 0.1) is 0 Å². The van der Waals surface area contributed by atoms with Crippen LogP contribution in [0.1, 0.15) is 44.1 Å². The van der Waals surface area contributed by atoms with Gasteiger partial charge in [-0.15, -0.1) is 0 Å². The highest BCUT2D eigenvalue weighted by Gasteiger charge is 2.42. The van der Waals surface area contributed by atoms with Crippen molar-refractivity contribution < 1.29 is 9.53 Å². The van der Waals surface area contributed by atoms with Crippen molar-refractivity contribution in [2.45, 2.75) is 50.6 Å². The molecule has 4 N–H and O–H groups in total. The maximum Gasteiger partial charge on any atom is 0.305 e. The van der Waals surface area contributed by atoms with E-state index in [0.29, 0.717) is 18.8 Å². The van der Waals surface area contributed by atoms with Crippen LogP contribution in [-0.2, 0) is 16.0 Å². The molecule has 3 rings (SSSR count). The fourth-order valence-electron chi connectivity index (χ4n) is 3.69. The number of carbonyl (C=O) groups excluding carboxylic acids is 1. The lowest BCUT2D eigenvalue weighted by Gasteiger charge is -2.45. The Kier molecular flexibility index (Phi) is 4.92. The van der Waals surface area contributed by atoms with Crippen LogP contribution in [0.3, 0.4) is 0 Å². The number of nitrogens with two attached hydrogens (primary N) is 2. The summed E-state index contributed by atoms with van der Waals surface area (Å²) in [5.41, 5.74) is 13.7. The van der Waals surface area contributed by atoms with Crippen molar-refractivity contribution in [1.29, 1.82) is 0 Å². The molecule has 1 aliphatic heterocycles. The number of carbonyl (C=O) groups is 1. The summed E-state index contributed by atoms with van der Waals surface area (Å²) in [4.78, 5) is 22.3. The predicted molar refractivity (Wildman–Crippen MR) is 98.3 cm³/mol. The zero-order valence-electron chi connectivity index (χ0n) is 14.6. The van der Waals surface area contributed by atoms with Gasteiger partial charge in [0, 0.05) is 12.1 Å². The Morgan fingerprint density at radius 1 is 1.28 bits per heavy atom. The second-order valence-corrected chi connectivity index (χ2v) is 6.56. The Hall–Kier alpha value is -2.57. The van der Waals surface area contributed by atoms with Crippen LogP contribution >= 0.6 is 0 Å². The number of ether oxygens (including phenoxy) is 1. The summed E-state index contributed by atoms with van der Waals surface area (Å²) >= 11 is 0. The number of hydrogen-bond donors (Lipinski definition) is 2. The van der Waals surface area contributed by atoms with Crippen molar-refractivity contribution in [3.63, 3.8) is 0 Å². The molecule has 0 atom stereocenters. The van der Waals surface area contributed by atoms with E-state index >= 15 is 0 Å². The van der Waals surface area contributed by atoms with Crippen LogP contribution in [0.4, 0.5) is 5.69 Å². The Morgan fingerprint density at radius 3 is 2.76 bits per heavy atom. The zero-order chi connectivity index (χ0) is 17.9. The smallest absolute Gasteiger partial charge is 0.305 e. The van der Waals surface area contributed by atoms with Crippen LogP contribution in [0.5, 0.6) is 0 Å². The van der Waals surface area contributed by atoms with Gasteiger partial charge in [0.2, 0.25) is 11.9 Å². The second kappa shape index (κ2) is 7.13. The Labute approximate surface area is 147 Å². The maximum absolute atomic E-state index is 11.4. The average Bonchev–Trinajstić information content (AvgIpc) is 2.60. The summed E-state index contributed by atoms with van der Waals surface area (Å²) in [6.07, 6.45) is 6.13.